The summed E-state index contributed by atoms with van der Waals surface area (Å²) in [6.45, 7) is 3.47. The fraction of sp³-hybridized carbons (Fsp3) is 0.357. The van der Waals surface area contributed by atoms with Crippen LogP contribution in [0, 0.1) is 6.92 Å². The average Bonchev–Trinajstić information content (AvgIpc) is 2.86. The zero-order valence-corrected chi connectivity index (χ0v) is 20.8. The van der Waals surface area contributed by atoms with Gasteiger partial charge in [0.25, 0.3) is 5.60 Å². The molecule has 3 aromatic carbocycles. The standard InChI is InChI=1S/C28H29F6NO3/c1-3-4-19-12-22(26(38,27(29,30)31)28(32,33)34)8-10-24(19)25-13-23(9-5-17(25)2)35-14-18-6-7-20(15-36)21(11-18)16-37/h5-13,35-38H,3-4,14-16H2,1-2H3. The zero-order valence-electron chi connectivity index (χ0n) is 20.8. The van der Waals surface area contributed by atoms with Crippen LogP contribution in [0.1, 0.15) is 46.7 Å². The Labute approximate surface area is 216 Å². The molecule has 10 heteroatoms. The van der Waals surface area contributed by atoms with E-state index in [-0.39, 0.29) is 25.2 Å². The summed E-state index contributed by atoms with van der Waals surface area (Å²) in [6, 6.07) is 13.3. The Bertz CT molecular complexity index is 1260. The predicted octanol–water partition coefficient (Wildman–Crippen LogP) is 6.52. The molecule has 3 aromatic rings. The van der Waals surface area contributed by atoms with E-state index in [1.54, 1.807) is 50.2 Å². The maximum absolute atomic E-state index is 13.5. The van der Waals surface area contributed by atoms with Crippen molar-refractivity contribution in [2.45, 2.75) is 64.4 Å². The van der Waals surface area contributed by atoms with Gasteiger partial charge in [0, 0.05) is 17.8 Å². The topological polar surface area (TPSA) is 72.7 Å². The highest BCUT2D eigenvalue weighted by atomic mass is 19.4. The lowest BCUT2D eigenvalue weighted by atomic mass is 9.86. The van der Waals surface area contributed by atoms with Crippen molar-refractivity contribution in [1.29, 1.82) is 0 Å². The van der Waals surface area contributed by atoms with Gasteiger partial charge >= 0.3 is 12.4 Å². The number of hydrogen-bond acceptors (Lipinski definition) is 4. The molecule has 0 amide bonds. The van der Waals surface area contributed by atoms with Crippen molar-refractivity contribution in [3.05, 3.63) is 88.0 Å². The highest BCUT2D eigenvalue weighted by Gasteiger charge is 2.71. The van der Waals surface area contributed by atoms with Gasteiger partial charge < -0.3 is 20.6 Å². The molecule has 0 saturated heterocycles. The lowest BCUT2D eigenvalue weighted by Crippen LogP contribution is -2.53. The smallest absolute Gasteiger partial charge is 0.392 e. The Balaban J connectivity index is 2.00. The predicted molar refractivity (Wildman–Crippen MR) is 132 cm³/mol. The third-order valence-corrected chi connectivity index (χ3v) is 6.50. The Morgan fingerprint density at radius 2 is 1.39 bits per heavy atom. The lowest BCUT2D eigenvalue weighted by Gasteiger charge is -2.33. The highest BCUT2D eigenvalue weighted by Crippen LogP contribution is 2.50. The summed E-state index contributed by atoms with van der Waals surface area (Å²) < 4.78 is 80.7. The highest BCUT2D eigenvalue weighted by molar-refractivity contribution is 5.75. The van der Waals surface area contributed by atoms with Crippen molar-refractivity contribution in [3.63, 3.8) is 0 Å². The van der Waals surface area contributed by atoms with Crippen LogP contribution in [0.3, 0.4) is 0 Å². The molecule has 0 radical (unpaired) electrons. The van der Waals surface area contributed by atoms with Crippen molar-refractivity contribution >= 4 is 5.69 Å². The number of alkyl halides is 6. The first-order chi connectivity index (χ1) is 17.8. The number of benzene rings is 3. The molecule has 4 N–H and O–H groups in total. The molecule has 0 atom stereocenters. The molecule has 0 bridgehead atoms. The van der Waals surface area contributed by atoms with Gasteiger partial charge in [0.2, 0.25) is 0 Å². The SMILES string of the molecule is CCCc1cc(C(O)(C(F)(F)F)C(F)(F)F)ccc1-c1cc(NCc2ccc(CO)c(CO)c2)ccc1C. The lowest BCUT2D eigenvalue weighted by molar-refractivity contribution is -0.376. The van der Waals surface area contributed by atoms with Gasteiger partial charge in [0.05, 0.1) is 13.2 Å². The van der Waals surface area contributed by atoms with E-state index in [1.807, 2.05) is 0 Å². The van der Waals surface area contributed by atoms with Crippen LogP contribution in [0.15, 0.2) is 54.6 Å². The first kappa shape index (κ1) is 29.5. The number of aryl methyl sites for hydroxylation is 2. The van der Waals surface area contributed by atoms with Crippen LogP contribution in [-0.2, 0) is 31.8 Å². The van der Waals surface area contributed by atoms with Crippen LogP contribution < -0.4 is 5.32 Å². The van der Waals surface area contributed by atoms with Crippen LogP contribution >= 0.6 is 0 Å². The Morgan fingerprint density at radius 3 is 1.97 bits per heavy atom. The first-order valence-electron chi connectivity index (χ1n) is 11.9. The van der Waals surface area contributed by atoms with Crippen molar-refractivity contribution in [1.82, 2.24) is 0 Å². The van der Waals surface area contributed by atoms with Gasteiger partial charge in [-0.3, -0.25) is 0 Å². The molecular formula is C28H29F6NO3. The number of aliphatic hydroxyl groups excluding tert-OH is 2. The molecule has 206 valence electrons. The Hall–Kier alpha value is -3.08. The normalized spacial score (nSPS) is 12.6. The molecule has 0 aliphatic heterocycles. The van der Waals surface area contributed by atoms with Crippen LogP contribution in [0.25, 0.3) is 11.1 Å². The van der Waals surface area contributed by atoms with Gasteiger partial charge in [-0.1, -0.05) is 55.8 Å². The summed E-state index contributed by atoms with van der Waals surface area (Å²) >= 11 is 0. The summed E-state index contributed by atoms with van der Waals surface area (Å²) in [4.78, 5) is 0. The fourth-order valence-corrected chi connectivity index (χ4v) is 4.36. The molecular weight excluding hydrogens is 512 g/mol. The van der Waals surface area contributed by atoms with Crippen LogP contribution in [0.4, 0.5) is 32.0 Å². The number of hydrogen-bond donors (Lipinski definition) is 4. The summed E-state index contributed by atoms with van der Waals surface area (Å²) in [5, 5.41) is 32.0. The number of aliphatic hydroxyl groups is 3. The molecule has 0 unspecified atom stereocenters. The van der Waals surface area contributed by atoms with Gasteiger partial charge in [-0.2, -0.15) is 26.3 Å². The molecule has 4 nitrogen and oxygen atoms in total. The minimum atomic E-state index is -5.96. The van der Waals surface area contributed by atoms with E-state index in [0.29, 0.717) is 47.0 Å². The molecule has 0 saturated carbocycles. The summed E-state index contributed by atoms with van der Waals surface area (Å²) in [6.07, 6.45) is -11.3. The van der Waals surface area contributed by atoms with E-state index in [1.165, 1.54) is 6.07 Å². The van der Waals surface area contributed by atoms with Crippen molar-refractivity contribution < 1.29 is 41.7 Å². The van der Waals surface area contributed by atoms with Crippen molar-refractivity contribution in [2.24, 2.45) is 0 Å². The molecule has 0 aliphatic rings. The number of rotatable bonds is 9. The number of nitrogens with one attached hydrogen (secondary N) is 1. The summed E-state index contributed by atoms with van der Waals surface area (Å²) in [7, 11) is 0. The quantitative estimate of drug-likeness (QED) is 0.233. The molecule has 0 aromatic heterocycles. The summed E-state index contributed by atoms with van der Waals surface area (Å²) in [5.74, 6) is 0. The molecule has 0 aliphatic carbocycles. The Morgan fingerprint density at radius 1 is 0.737 bits per heavy atom. The first-order valence-corrected chi connectivity index (χ1v) is 11.9. The molecule has 38 heavy (non-hydrogen) atoms. The van der Waals surface area contributed by atoms with Gasteiger partial charge in [-0.25, -0.2) is 0 Å². The van der Waals surface area contributed by atoms with E-state index >= 15 is 0 Å². The monoisotopic (exact) mass is 541 g/mol. The van der Waals surface area contributed by atoms with Gasteiger partial charge in [0.1, 0.15) is 0 Å². The van der Waals surface area contributed by atoms with Crippen LogP contribution in [0.2, 0.25) is 0 Å². The van der Waals surface area contributed by atoms with Gasteiger partial charge in [0.15, 0.2) is 0 Å². The van der Waals surface area contributed by atoms with E-state index in [4.69, 9.17) is 0 Å². The average molecular weight is 542 g/mol. The number of halogens is 6. The van der Waals surface area contributed by atoms with E-state index < -0.39 is 23.5 Å². The minimum absolute atomic E-state index is 0.201. The van der Waals surface area contributed by atoms with E-state index in [0.717, 1.165) is 17.2 Å². The van der Waals surface area contributed by atoms with E-state index in [2.05, 4.69) is 5.32 Å². The van der Waals surface area contributed by atoms with E-state index in [9.17, 15) is 41.7 Å². The Kier molecular flexibility index (Phi) is 8.80. The van der Waals surface area contributed by atoms with Crippen molar-refractivity contribution in [3.8, 4) is 11.1 Å². The van der Waals surface area contributed by atoms with Gasteiger partial charge in [-0.15, -0.1) is 0 Å². The number of anilines is 1. The molecule has 3 rings (SSSR count). The molecule has 0 fully saturated rings. The summed E-state index contributed by atoms with van der Waals surface area (Å²) in [5.41, 5.74) is -1.44. The minimum Gasteiger partial charge on any atom is -0.392 e. The van der Waals surface area contributed by atoms with Crippen LogP contribution in [0.5, 0.6) is 0 Å². The second-order valence-electron chi connectivity index (χ2n) is 9.13. The van der Waals surface area contributed by atoms with Crippen molar-refractivity contribution in [2.75, 3.05) is 5.32 Å². The maximum atomic E-state index is 13.5. The molecule has 0 heterocycles. The second-order valence-corrected chi connectivity index (χ2v) is 9.13. The fourth-order valence-electron chi connectivity index (χ4n) is 4.36. The largest absolute Gasteiger partial charge is 0.430 e. The third kappa shape index (κ3) is 5.82. The third-order valence-electron chi connectivity index (χ3n) is 6.50. The molecule has 0 spiro atoms. The second kappa shape index (κ2) is 11.3. The van der Waals surface area contributed by atoms with Crippen LogP contribution in [-0.4, -0.2) is 27.7 Å². The van der Waals surface area contributed by atoms with Gasteiger partial charge in [-0.05, 0) is 64.4 Å². The zero-order chi connectivity index (χ0) is 28.3. The maximum Gasteiger partial charge on any atom is 0.430 e.